The van der Waals surface area contributed by atoms with E-state index in [2.05, 4.69) is 55.4 Å². The predicted molar refractivity (Wildman–Crippen MR) is 181 cm³/mol. The van der Waals surface area contributed by atoms with Crippen molar-refractivity contribution in [3.05, 3.63) is 0 Å². The van der Waals surface area contributed by atoms with E-state index >= 15 is 0 Å². The van der Waals surface area contributed by atoms with Gasteiger partial charge in [-0.05, 0) is 55.3 Å². The Morgan fingerprint density at radius 3 is 1.40 bits per heavy atom. The molecule has 0 aromatic carbocycles. The van der Waals surface area contributed by atoms with Crippen molar-refractivity contribution < 1.29 is 19.1 Å². The van der Waals surface area contributed by atoms with Crippen LogP contribution in [0.15, 0.2) is 0 Å². The maximum atomic E-state index is 13.2. The van der Waals surface area contributed by atoms with Crippen molar-refractivity contribution in [3.63, 3.8) is 0 Å². The summed E-state index contributed by atoms with van der Waals surface area (Å²) in [7, 11) is 0. The highest BCUT2D eigenvalue weighted by molar-refractivity contribution is 5.73. The molecule has 4 nitrogen and oxygen atoms in total. The van der Waals surface area contributed by atoms with Crippen LogP contribution in [-0.2, 0) is 19.1 Å². The van der Waals surface area contributed by atoms with Gasteiger partial charge in [0.2, 0.25) is 0 Å². The quantitative estimate of drug-likeness (QED) is 0.0638. The van der Waals surface area contributed by atoms with Gasteiger partial charge >= 0.3 is 11.9 Å². The Balaban J connectivity index is 4.09. The Bertz CT molecular complexity index is 629. The van der Waals surface area contributed by atoms with Crippen molar-refractivity contribution in [2.45, 2.75) is 184 Å². The van der Waals surface area contributed by atoms with Gasteiger partial charge in [-0.15, -0.1) is 0 Å². The maximum Gasteiger partial charge on any atom is 0.309 e. The fourth-order valence-corrected chi connectivity index (χ4v) is 6.31. The topological polar surface area (TPSA) is 52.6 Å². The van der Waals surface area contributed by atoms with E-state index in [0.29, 0.717) is 49.2 Å². The summed E-state index contributed by atoms with van der Waals surface area (Å²) >= 11 is 0. The summed E-state index contributed by atoms with van der Waals surface area (Å²) in [5.41, 5.74) is 0. The summed E-state index contributed by atoms with van der Waals surface area (Å²) in [5.74, 6) is 2.29. The number of hydrogen-bond acceptors (Lipinski definition) is 4. The molecule has 0 bridgehead atoms. The van der Waals surface area contributed by atoms with Gasteiger partial charge in [-0.2, -0.15) is 0 Å². The number of carbonyl (C=O) groups is 2. The van der Waals surface area contributed by atoms with Crippen LogP contribution in [0.4, 0.5) is 0 Å². The lowest BCUT2D eigenvalue weighted by Crippen LogP contribution is -2.34. The molecule has 0 fully saturated rings. The Morgan fingerprint density at radius 1 is 0.524 bits per heavy atom. The van der Waals surface area contributed by atoms with Crippen LogP contribution in [0.3, 0.4) is 0 Å². The van der Waals surface area contributed by atoms with Crippen molar-refractivity contribution in [2.75, 3.05) is 13.2 Å². The molecule has 0 spiro atoms. The molecule has 0 aliphatic carbocycles. The van der Waals surface area contributed by atoms with E-state index in [0.717, 1.165) is 38.5 Å². The molecule has 0 N–H and O–H groups in total. The summed E-state index contributed by atoms with van der Waals surface area (Å²) < 4.78 is 11.5. The molecule has 0 heterocycles. The minimum Gasteiger partial charge on any atom is -0.465 e. The molecule has 0 radical (unpaired) electrons. The van der Waals surface area contributed by atoms with Crippen LogP contribution in [0, 0.1) is 35.5 Å². The highest BCUT2D eigenvalue weighted by Crippen LogP contribution is 2.33. The molecule has 0 aliphatic rings. The molecule has 4 unspecified atom stereocenters. The second-order valence-electron chi connectivity index (χ2n) is 13.9. The van der Waals surface area contributed by atoms with E-state index in [1.54, 1.807) is 0 Å². The monoisotopic (exact) mass is 595 g/mol. The first kappa shape index (κ1) is 40.9. The summed E-state index contributed by atoms with van der Waals surface area (Å²) in [5, 5.41) is 0. The average molecular weight is 595 g/mol. The Morgan fingerprint density at radius 2 is 0.976 bits per heavy atom. The third kappa shape index (κ3) is 20.8. The molecule has 0 saturated heterocycles. The maximum absolute atomic E-state index is 13.2. The van der Waals surface area contributed by atoms with Crippen LogP contribution in [-0.4, -0.2) is 25.2 Å². The minimum absolute atomic E-state index is 0.00574. The van der Waals surface area contributed by atoms with Crippen molar-refractivity contribution in [1.82, 2.24) is 0 Å². The van der Waals surface area contributed by atoms with Crippen molar-refractivity contribution >= 4 is 11.9 Å². The largest absolute Gasteiger partial charge is 0.465 e. The lowest BCUT2D eigenvalue weighted by atomic mass is 9.74. The van der Waals surface area contributed by atoms with Crippen LogP contribution in [0.2, 0.25) is 0 Å². The van der Waals surface area contributed by atoms with E-state index in [1.165, 1.54) is 83.5 Å². The molecular formula is C38H74O4. The zero-order chi connectivity index (χ0) is 31.6. The van der Waals surface area contributed by atoms with Crippen molar-refractivity contribution in [3.8, 4) is 0 Å². The Hall–Kier alpha value is -1.06. The van der Waals surface area contributed by atoms with Gasteiger partial charge in [0.05, 0.1) is 19.1 Å². The fraction of sp³-hybridized carbons (Fsp3) is 0.947. The van der Waals surface area contributed by atoms with Crippen LogP contribution in [0.5, 0.6) is 0 Å². The van der Waals surface area contributed by atoms with Gasteiger partial charge in [-0.3, -0.25) is 9.59 Å². The van der Waals surface area contributed by atoms with E-state index in [4.69, 9.17) is 9.47 Å². The van der Waals surface area contributed by atoms with Gasteiger partial charge in [0, 0.05) is 6.42 Å². The molecule has 0 amide bonds. The lowest BCUT2D eigenvalue weighted by molar-refractivity contribution is -0.155. The lowest BCUT2D eigenvalue weighted by Gasteiger charge is -2.32. The van der Waals surface area contributed by atoms with Crippen molar-refractivity contribution in [2.24, 2.45) is 35.5 Å². The summed E-state index contributed by atoms with van der Waals surface area (Å²) in [6, 6.07) is 0. The molecule has 250 valence electrons. The van der Waals surface area contributed by atoms with Gasteiger partial charge in [0.1, 0.15) is 0 Å². The number of carbonyl (C=O) groups excluding carboxylic acids is 2. The molecule has 4 atom stereocenters. The number of rotatable bonds is 29. The zero-order valence-electron chi connectivity index (χ0n) is 29.7. The standard InChI is InChI=1S/C38H74O4/c1-9-13-25-33(11-3)29-41-36(39)28-24-22-20-18-16-15-17-19-21-23-27-35(31(5)6)37(32(7)8)38(40)42-30-34(12-4)26-14-10-2/h31-35,37H,9-30H2,1-8H3. The van der Waals surface area contributed by atoms with Gasteiger partial charge in [-0.1, -0.05) is 152 Å². The molecular weight excluding hydrogens is 520 g/mol. The fourth-order valence-electron chi connectivity index (χ4n) is 6.31. The summed E-state index contributed by atoms with van der Waals surface area (Å²) in [6.45, 7) is 19.0. The van der Waals surface area contributed by atoms with Crippen LogP contribution in [0.25, 0.3) is 0 Å². The number of unbranched alkanes of at least 4 members (excludes halogenated alkanes) is 11. The first-order chi connectivity index (χ1) is 20.2. The Kier molecular flexibility index (Phi) is 26.8. The molecule has 42 heavy (non-hydrogen) atoms. The van der Waals surface area contributed by atoms with Gasteiger partial charge < -0.3 is 9.47 Å². The Labute approximate surface area is 263 Å². The smallest absolute Gasteiger partial charge is 0.309 e. The second kappa shape index (κ2) is 27.5. The third-order valence-electron chi connectivity index (χ3n) is 9.50. The minimum atomic E-state index is -0.00574. The first-order valence-corrected chi connectivity index (χ1v) is 18.5. The highest BCUT2D eigenvalue weighted by atomic mass is 16.5. The first-order valence-electron chi connectivity index (χ1n) is 18.5. The second-order valence-corrected chi connectivity index (χ2v) is 13.9. The molecule has 4 heteroatoms. The molecule has 0 aromatic heterocycles. The number of esters is 2. The third-order valence-corrected chi connectivity index (χ3v) is 9.50. The van der Waals surface area contributed by atoms with E-state index in [1.807, 2.05) is 0 Å². The van der Waals surface area contributed by atoms with Crippen molar-refractivity contribution in [1.29, 1.82) is 0 Å². The molecule has 0 rings (SSSR count). The summed E-state index contributed by atoms with van der Waals surface area (Å²) in [6.07, 6.45) is 23.3. The van der Waals surface area contributed by atoms with E-state index < -0.39 is 0 Å². The SMILES string of the molecule is CCCCC(CC)COC(=O)CCCCCCCCCCCCC(C(C)C)C(C(=O)OCC(CC)CCCC)C(C)C. The van der Waals surface area contributed by atoms with Crippen LogP contribution < -0.4 is 0 Å². The molecule has 0 aliphatic heterocycles. The van der Waals surface area contributed by atoms with E-state index in [-0.39, 0.29) is 17.9 Å². The van der Waals surface area contributed by atoms with Gasteiger partial charge in [0.15, 0.2) is 0 Å². The average Bonchev–Trinajstić information content (AvgIpc) is 2.96. The van der Waals surface area contributed by atoms with Crippen LogP contribution >= 0.6 is 0 Å². The number of hydrogen-bond donors (Lipinski definition) is 0. The van der Waals surface area contributed by atoms with Gasteiger partial charge in [0.25, 0.3) is 0 Å². The molecule has 0 aromatic rings. The summed E-state index contributed by atoms with van der Waals surface area (Å²) in [4.78, 5) is 25.2. The van der Waals surface area contributed by atoms with Gasteiger partial charge in [-0.25, -0.2) is 0 Å². The predicted octanol–water partition coefficient (Wildman–Crippen LogP) is 11.7. The van der Waals surface area contributed by atoms with E-state index in [9.17, 15) is 9.59 Å². The van der Waals surface area contributed by atoms with Crippen LogP contribution in [0.1, 0.15) is 184 Å². The molecule has 0 saturated carbocycles. The normalized spacial score (nSPS) is 14.6. The number of ether oxygens (including phenoxy) is 2. The zero-order valence-corrected chi connectivity index (χ0v) is 29.7. The highest BCUT2D eigenvalue weighted by Gasteiger charge is 2.34.